The number of benzene rings is 8. The first-order valence-electron chi connectivity index (χ1n) is 21.9. The van der Waals surface area contributed by atoms with Gasteiger partial charge in [-0.3, -0.25) is 0 Å². The van der Waals surface area contributed by atoms with Crippen molar-refractivity contribution in [3.8, 4) is 67.5 Å². The molecule has 0 amide bonds. The van der Waals surface area contributed by atoms with E-state index < -0.39 is 55.1 Å². The first-order chi connectivity index (χ1) is 29.9. The second kappa shape index (κ2) is 11.6. The van der Waals surface area contributed by atoms with E-state index >= 15 is 0 Å². The van der Waals surface area contributed by atoms with E-state index in [0.717, 1.165) is 48.9 Å². The summed E-state index contributed by atoms with van der Waals surface area (Å²) in [7, 11) is 0. The zero-order valence-electron chi connectivity index (χ0n) is 37.3. The van der Waals surface area contributed by atoms with Crippen LogP contribution in [-0.4, -0.2) is 6.71 Å². The molecule has 8 aromatic carbocycles. The lowest BCUT2D eigenvalue weighted by Crippen LogP contribution is -2.57. The van der Waals surface area contributed by atoms with Crippen LogP contribution in [-0.2, 0) is 0 Å². The van der Waals surface area contributed by atoms with Crippen molar-refractivity contribution in [2.45, 2.75) is 0 Å². The summed E-state index contributed by atoms with van der Waals surface area (Å²) in [6.07, 6.45) is 0. The molecular formula is C48H29BO2S. The molecule has 0 radical (unpaired) electrons. The van der Waals surface area contributed by atoms with Crippen LogP contribution in [0.15, 0.2) is 176 Å². The topological polar surface area (TPSA) is 18.5 Å². The van der Waals surface area contributed by atoms with Crippen LogP contribution < -0.4 is 25.9 Å². The van der Waals surface area contributed by atoms with Crippen LogP contribution in [0.25, 0.3) is 64.7 Å². The number of rotatable bonds is 4. The summed E-state index contributed by atoms with van der Waals surface area (Å²) in [6.45, 7) is -1.24. The molecule has 0 atom stereocenters. The van der Waals surface area contributed by atoms with E-state index in [-0.39, 0.29) is 57.0 Å². The number of hydrogen-bond acceptors (Lipinski definition) is 3. The Morgan fingerprint density at radius 1 is 0.423 bits per heavy atom. The highest BCUT2D eigenvalue weighted by molar-refractivity contribution is 7.26. The minimum atomic E-state index is -1.24. The fraction of sp³-hybridized carbons (Fsp3) is 0. The standard InChI is InChI=1S/C48H29BO2S/c1-2-10-30(11-3-1)31-20-24-33(25-21-31)36-12-8-14-38-39-15-9-13-37(48(39)52-47(36)38)34-26-22-32(23-27-34)35-28-44-46-45(29-35)51-43-19-7-5-17-41(43)49(46)40-16-4-6-18-42(40)50-44/h1-29H/i4D,5D,6D,7D,16D,17D,18D,19D,28D,29D. The molecule has 3 heterocycles. The van der Waals surface area contributed by atoms with Crippen molar-refractivity contribution in [1.29, 1.82) is 0 Å². The fourth-order valence-electron chi connectivity index (χ4n) is 7.45. The van der Waals surface area contributed by atoms with Crippen LogP contribution in [0.3, 0.4) is 0 Å². The first kappa shape index (κ1) is 21.1. The Morgan fingerprint density at radius 3 is 1.42 bits per heavy atom. The van der Waals surface area contributed by atoms with E-state index in [0.29, 0.717) is 5.56 Å². The predicted molar refractivity (Wildman–Crippen MR) is 219 cm³/mol. The Labute approximate surface area is 320 Å². The molecule has 0 saturated carbocycles. The fourth-order valence-corrected chi connectivity index (χ4v) is 8.83. The number of para-hydroxylation sites is 2. The summed E-state index contributed by atoms with van der Waals surface area (Å²) in [5.41, 5.74) is 7.12. The molecule has 0 N–H and O–H groups in total. The SMILES string of the molecule is [2H]c1c([2H])c([2H])c2c(c1[2H])Oc1c([2H])c(-c3ccc(-c4cccc5c4sc4c(-c6ccc(-c7ccccc7)cc6)cccc45)cc3)c([2H])c3c1B2c1c([2H])c([2H])c([2H])c([2H])c1O3. The van der Waals surface area contributed by atoms with Crippen molar-refractivity contribution in [2.24, 2.45) is 0 Å². The Bertz CT molecular complexity index is 3310. The van der Waals surface area contributed by atoms with E-state index in [4.69, 9.17) is 20.4 Å². The van der Waals surface area contributed by atoms with Crippen molar-refractivity contribution >= 4 is 54.6 Å². The number of hydrogen-bond donors (Lipinski definition) is 0. The zero-order chi connectivity index (χ0) is 42.9. The van der Waals surface area contributed by atoms with Gasteiger partial charge >= 0.3 is 0 Å². The van der Waals surface area contributed by atoms with Crippen LogP contribution in [0.1, 0.15) is 13.7 Å². The van der Waals surface area contributed by atoms with Gasteiger partial charge in [-0.25, -0.2) is 0 Å². The van der Waals surface area contributed by atoms with Crippen molar-refractivity contribution in [2.75, 3.05) is 0 Å². The van der Waals surface area contributed by atoms with Crippen LogP contribution in [0.2, 0.25) is 0 Å². The number of ether oxygens (including phenoxy) is 2. The minimum Gasteiger partial charge on any atom is -0.458 e. The van der Waals surface area contributed by atoms with Gasteiger partial charge in [0, 0.05) is 25.6 Å². The van der Waals surface area contributed by atoms with Crippen LogP contribution in [0.5, 0.6) is 23.0 Å². The summed E-state index contributed by atoms with van der Waals surface area (Å²) in [5.74, 6) is -0.737. The maximum absolute atomic E-state index is 9.50. The van der Waals surface area contributed by atoms with E-state index in [2.05, 4.69) is 66.7 Å². The van der Waals surface area contributed by atoms with E-state index in [1.165, 1.54) is 4.70 Å². The highest BCUT2D eigenvalue weighted by Gasteiger charge is 2.40. The Balaban J connectivity index is 1.03. The van der Waals surface area contributed by atoms with Crippen molar-refractivity contribution < 1.29 is 23.2 Å². The third-order valence-corrected chi connectivity index (χ3v) is 11.2. The molecule has 9 aromatic rings. The lowest BCUT2D eigenvalue weighted by atomic mass is 9.35. The molecule has 2 aliphatic rings. The summed E-state index contributed by atoms with van der Waals surface area (Å²) < 4.78 is 103. The molecule has 0 saturated heterocycles. The van der Waals surface area contributed by atoms with Gasteiger partial charge in [-0.1, -0.05) is 152 Å². The Morgan fingerprint density at radius 2 is 0.885 bits per heavy atom. The highest BCUT2D eigenvalue weighted by atomic mass is 32.1. The van der Waals surface area contributed by atoms with Gasteiger partial charge in [-0.2, -0.15) is 0 Å². The second-order valence-electron chi connectivity index (χ2n) is 12.8. The summed E-state index contributed by atoms with van der Waals surface area (Å²) in [5, 5.41) is 2.29. The maximum atomic E-state index is 9.50. The average molecular weight is 691 g/mol. The van der Waals surface area contributed by atoms with Gasteiger partial charge in [0.1, 0.15) is 23.0 Å². The van der Waals surface area contributed by atoms with Gasteiger partial charge in [0.25, 0.3) is 6.71 Å². The molecule has 0 aliphatic carbocycles. The largest absolute Gasteiger partial charge is 0.458 e. The monoisotopic (exact) mass is 690 g/mol. The zero-order valence-corrected chi connectivity index (χ0v) is 28.1. The van der Waals surface area contributed by atoms with Crippen molar-refractivity contribution in [1.82, 2.24) is 0 Å². The van der Waals surface area contributed by atoms with Crippen LogP contribution in [0.4, 0.5) is 0 Å². The van der Waals surface area contributed by atoms with E-state index in [9.17, 15) is 2.74 Å². The Kier molecular flexibility index (Phi) is 4.71. The molecule has 2 nitrogen and oxygen atoms in total. The smallest absolute Gasteiger partial charge is 0.260 e. The number of thiophene rings is 1. The summed E-state index contributed by atoms with van der Waals surface area (Å²) >= 11 is 1.73. The van der Waals surface area contributed by atoms with Gasteiger partial charge in [0.05, 0.1) is 13.7 Å². The molecule has 2 aliphatic heterocycles. The quantitative estimate of drug-likeness (QED) is 0.171. The molecule has 1 aromatic heterocycles. The molecule has 0 unspecified atom stereocenters. The van der Waals surface area contributed by atoms with Gasteiger partial charge in [0.15, 0.2) is 0 Å². The maximum Gasteiger partial charge on any atom is 0.260 e. The van der Waals surface area contributed by atoms with Gasteiger partial charge in [-0.05, 0) is 79.6 Å². The van der Waals surface area contributed by atoms with Gasteiger partial charge in [-0.15, -0.1) is 11.3 Å². The molecule has 52 heavy (non-hydrogen) atoms. The molecule has 242 valence electrons. The van der Waals surface area contributed by atoms with E-state index in [1.54, 1.807) is 11.3 Å². The molecule has 4 heteroatoms. The second-order valence-corrected chi connectivity index (χ2v) is 13.8. The molecule has 11 rings (SSSR count). The molecule has 0 fully saturated rings. The van der Waals surface area contributed by atoms with Crippen LogP contribution in [0, 0.1) is 0 Å². The number of fused-ring (bicyclic) bond motifs is 7. The normalized spacial score (nSPS) is 15.2. The summed E-state index contributed by atoms with van der Waals surface area (Å²) in [4.78, 5) is 0. The van der Waals surface area contributed by atoms with Crippen LogP contribution >= 0.6 is 11.3 Å². The van der Waals surface area contributed by atoms with Crippen molar-refractivity contribution in [3.05, 3.63) is 176 Å². The average Bonchev–Trinajstić information content (AvgIpc) is 3.70. The van der Waals surface area contributed by atoms with Gasteiger partial charge in [0.2, 0.25) is 0 Å². The lowest BCUT2D eigenvalue weighted by Gasteiger charge is -2.33. The minimum absolute atomic E-state index is 0.0567. The third kappa shape index (κ3) is 4.58. The molecule has 0 bridgehead atoms. The van der Waals surface area contributed by atoms with E-state index in [1.807, 2.05) is 48.5 Å². The first-order valence-corrected chi connectivity index (χ1v) is 17.7. The molecular weight excluding hydrogens is 651 g/mol. The Hall–Kier alpha value is -6.36. The summed E-state index contributed by atoms with van der Waals surface area (Å²) in [6, 6.07) is 34.5. The van der Waals surface area contributed by atoms with Gasteiger partial charge < -0.3 is 9.47 Å². The molecule has 0 spiro atoms. The lowest BCUT2D eigenvalue weighted by molar-refractivity contribution is 0.465. The highest BCUT2D eigenvalue weighted by Crippen LogP contribution is 2.45. The predicted octanol–water partition coefficient (Wildman–Crippen LogP) is 11.5. The van der Waals surface area contributed by atoms with Crippen molar-refractivity contribution in [3.63, 3.8) is 0 Å². The third-order valence-electron chi connectivity index (χ3n) is 9.91.